The van der Waals surface area contributed by atoms with Crippen molar-refractivity contribution in [1.82, 2.24) is 0 Å². The molecule has 0 fully saturated rings. The van der Waals surface area contributed by atoms with Gasteiger partial charge in [-0.25, -0.2) is 4.79 Å². The molecule has 0 aromatic heterocycles. The van der Waals surface area contributed by atoms with Gasteiger partial charge < -0.3 is 38.3 Å². The van der Waals surface area contributed by atoms with Crippen molar-refractivity contribution in [2.45, 2.75) is 33.0 Å². The second kappa shape index (κ2) is 13.6. The lowest BCUT2D eigenvalue weighted by Crippen LogP contribution is -2.30. The summed E-state index contributed by atoms with van der Waals surface area (Å²) in [5.74, 6) is -1.23. The lowest BCUT2D eigenvalue weighted by atomic mass is 9.74. The largest absolute Gasteiger partial charge is 0.504 e. The monoisotopic (exact) mass is 606 g/mol. The normalized spacial score (nSPS) is 19.1. The third-order valence-corrected chi connectivity index (χ3v) is 7.93. The number of phenolic OH excluding ortho intramolecular Hbond substituents is 1. The van der Waals surface area contributed by atoms with Crippen LogP contribution in [0.2, 0.25) is 0 Å². The van der Waals surface area contributed by atoms with Gasteiger partial charge >= 0.3 is 11.9 Å². The van der Waals surface area contributed by atoms with Crippen LogP contribution in [0.3, 0.4) is 0 Å². The van der Waals surface area contributed by atoms with E-state index in [-0.39, 0.29) is 34.3 Å². The molecule has 10 nitrogen and oxygen atoms in total. The van der Waals surface area contributed by atoms with Crippen LogP contribution in [0, 0.1) is 11.8 Å². The number of ether oxygens (including phenoxy) is 7. The zero-order valence-corrected chi connectivity index (χ0v) is 26.1. The van der Waals surface area contributed by atoms with Gasteiger partial charge in [-0.15, -0.1) is 0 Å². The third-order valence-electron chi connectivity index (χ3n) is 7.93. The maximum absolute atomic E-state index is 13.3. The fourth-order valence-electron chi connectivity index (χ4n) is 5.67. The van der Waals surface area contributed by atoms with E-state index in [2.05, 4.69) is 0 Å². The summed E-state index contributed by atoms with van der Waals surface area (Å²) in [6.45, 7) is 5.11. The molecular formula is C34H38O10. The molecule has 0 spiro atoms. The third kappa shape index (κ3) is 5.97. The van der Waals surface area contributed by atoms with Crippen molar-refractivity contribution in [3.05, 3.63) is 65.2 Å². The number of fused-ring (bicyclic) bond motifs is 3. The smallest absolute Gasteiger partial charge is 0.331 e. The Balaban J connectivity index is 2.08. The van der Waals surface area contributed by atoms with E-state index in [1.165, 1.54) is 48.5 Å². The SMILES string of the molecule is COc1cc2c(c(O)c1OC)-c1c(cc(OC)c(OC)c1OC)[C@H](OC(C)=O)[C@H](C)[C@H](C)[C@H]2OC(=O)C=Cc1ccccc1. The predicted molar refractivity (Wildman–Crippen MR) is 163 cm³/mol. The summed E-state index contributed by atoms with van der Waals surface area (Å²) in [5, 5.41) is 11.8. The van der Waals surface area contributed by atoms with Crippen molar-refractivity contribution >= 4 is 18.0 Å². The van der Waals surface area contributed by atoms with Gasteiger partial charge in [0.05, 0.1) is 35.5 Å². The van der Waals surface area contributed by atoms with E-state index in [0.717, 1.165) is 5.56 Å². The summed E-state index contributed by atoms with van der Waals surface area (Å²) < 4.78 is 40.5. The van der Waals surface area contributed by atoms with Gasteiger partial charge in [0, 0.05) is 47.1 Å². The van der Waals surface area contributed by atoms with Crippen molar-refractivity contribution in [2.24, 2.45) is 11.8 Å². The summed E-state index contributed by atoms with van der Waals surface area (Å²) in [6.07, 6.45) is 1.19. The Labute approximate surface area is 257 Å². The molecule has 1 aliphatic carbocycles. The first kappa shape index (κ1) is 32.1. The summed E-state index contributed by atoms with van der Waals surface area (Å²) >= 11 is 0. The summed E-state index contributed by atoms with van der Waals surface area (Å²) in [4.78, 5) is 25.8. The lowest BCUT2D eigenvalue weighted by molar-refractivity contribution is -0.156. The number of carbonyl (C=O) groups excluding carboxylic acids is 2. The van der Waals surface area contributed by atoms with Crippen LogP contribution >= 0.6 is 0 Å². The molecule has 0 aliphatic heterocycles. The van der Waals surface area contributed by atoms with Crippen molar-refractivity contribution in [1.29, 1.82) is 0 Å². The Morgan fingerprint density at radius 2 is 1.23 bits per heavy atom. The number of carbonyl (C=O) groups is 2. The van der Waals surface area contributed by atoms with Crippen LogP contribution < -0.4 is 23.7 Å². The minimum absolute atomic E-state index is 0.0494. The number of rotatable bonds is 9. The molecule has 44 heavy (non-hydrogen) atoms. The highest BCUT2D eigenvalue weighted by atomic mass is 16.6. The first-order chi connectivity index (χ1) is 21.1. The molecule has 0 amide bonds. The van der Waals surface area contributed by atoms with Crippen molar-refractivity contribution < 1.29 is 47.9 Å². The average Bonchev–Trinajstić information content (AvgIpc) is 3.03. The molecule has 0 unspecified atom stereocenters. The maximum atomic E-state index is 13.3. The lowest BCUT2D eigenvalue weighted by Gasteiger charge is -2.38. The molecule has 0 bridgehead atoms. The Hall–Kier alpha value is -4.86. The van der Waals surface area contributed by atoms with Crippen LogP contribution in [0.25, 0.3) is 17.2 Å². The standard InChI is InChI=1S/C34H38O10/c1-18-19(2)31(44-26(36)15-14-21-12-10-9-11-13-21)22-16-24(38-4)32(40-6)29(37)27(22)28-23(30(18)43-20(3)35)17-25(39-5)33(41-7)34(28)42-8/h9-19,30-31,37H,1-8H3/t18-,19+,30-,31-/m1/s1. The molecule has 0 saturated heterocycles. The second-order valence-electron chi connectivity index (χ2n) is 10.4. The van der Waals surface area contributed by atoms with Gasteiger partial charge in [-0.2, -0.15) is 0 Å². The van der Waals surface area contributed by atoms with Gasteiger partial charge in [0.2, 0.25) is 11.5 Å². The molecule has 234 valence electrons. The highest BCUT2D eigenvalue weighted by Crippen LogP contribution is 2.59. The molecule has 1 N–H and O–H groups in total. The van der Waals surface area contributed by atoms with Gasteiger partial charge in [0.25, 0.3) is 0 Å². The molecular weight excluding hydrogens is 568 g/mol. The fraction of sp³-hybridized carbons (Fsp3) is 0.353. The number of aromatic hydroxyl groups is 1. The molecule has 0 radical (unpaired) electrons. The van der Waals surface area contributed by atoms with Gasteiger partial charge in [-0.05, 0) is 23.8 Å². The molecule has 3 aromatic carbocycles. The van der Waals surface area contributed by atoms with Crippen LogP contribution in [-0.2, 0) is 19.1 Å². The number of hydrogen-bond acceptors (Lipinski definition) is 10. The fourth-order valence-corrected chi connectivity index (χ4v) is 5.67. The molecule has 4 rings (SSSR count). The first-order valence-electron chi connectivity index (χ1n) is 14.0. The molecule has 0 saturated carbocycles. The summed E-state index contributed by atoms with van der Waals surface area (Å²) in [7, 11) is 7.24. The van der Waals surface area contributed by atoms with Gasteiger partial charge in [-0.1, -0.05) is 44.2 Å². The van der Waals surface area contributed by atoms with Crippen LogP contribution in [-0.4, -0.2) is 52.6 Å². The van der Waals surface area contributed by atoms with E-state index in [0.29, 0.717) is 22.4 Å². The van der Waals surface area contributed by atoms with Crippen LogP contribution in [0.5, 0.6) is 34.5 Å². The van der Waals surface area contributed by atoms with Gasteiger partial charge in [0.1, 0.15) is 12.2 Å². The Morgan fingerprint density at radius 3 is 1.75 bits per heavy atom. The van der Waals surface area contributed by atoms with E-state index in [9.17, 15) is 14.7 Å². The number of esters is 2. The minimum atomic E-state index is -0.942. The Morgan fingerprint density at radius 1 is 0.705 bits per heavy atom. The molecule has 4 atom stereocenters. The van der Waals surface area contributed by atoms with Crippen LogP contribution in [0.1, 0.15) is 49.7 Å². The molecule has 3 aromatic rings. The Bertz CT molecular complexity index is 1550. The zero-order valence-electron chi connectivity index (χ0n) is 26.1. The molecule has 10 heteroatoms. The topological polar surface area (TPSA) is 119 Å². The Kier molecular flexibility index (Phi) is 9.93. The second-order valence-corrected chi connectivity index (χ2v) is 10.4. The number of methoxy groups -OCH3 is 5. The van der Waals surface area contributed by atoms with E-state index in [4.69, 9.17) is 33.2 Å². The minimum Gasteiger partial charge on any atom is -0.504 e. The number of benzene rings is 3. The van der Waals surface area contributed by atoms with Gasteiger partial charge in [0.15, 0.2) is 23.0 Å². The highest BCUT2D eigenvalue weighted by Gasteiger charge is 2.43. The molecule has 0 heterocycles. The van der Waals surface area contributed by atoms with Crippen molar-refractivity contribution in [3.63, 3.8) is 0 Å². The van der Waals surface area contributed by atoms with Crippen molar-refractivity contribution in [3.8, 4) is 45.6 Å². The van der Waals surface area contributed by atoms with Crippen molar-refractivity contribution in [2.75, 3.05) is 35.5 Å². The predicted octanol–water partition coefficient (Wildman–Crippen LogP) is 6.29. The molecule has 1 aliphatic rings. The van der Waals surface area contributed by atoms with Gasteiger partial charge in [-0.3, -0.25) is 4.79 Å². The van der Waals surface area contributed by atoms with E-state index < -0.39 is 36.0 Å². The highest BCUT2D eigenvalue weighted by molar-refractivity contribution is 5.90. The van der Waals surface area contributed by atoms with Crippen LogP contribution in [0.4, 0.5) is 0 Å². The quantitative estimate of drug-likeness (QED) is 0.220. The van der Waals surface area contributed by atoms with E-state index in [1.807, 2.05) is 44.2 Å². The summed E-state index contributed by atoms with van der Waals surface area (Å²) in [6, 6.07) is 12.7. The van der Waals surface area contributed by atoms with E-state index in [1.54, 1.807) is 18.2 Å². The number of hydrogen-bond donors (Lipinski definition) is 1. The number of phenols is 1. The first-order valence-corrected chi connectivity index (χ1v) is 14.0. The summed E-state index contributed by atoms with van der Waals surface area (Å²) in [5.41, 5.74) is 2.32. The van der Waals surface area contributed by atoms with Crippen LogP contribution in [0.15, 0.2) is 48.5 Å². The zero-order chi connectivity index (χ0) is 32.1. The van der Waals surface area contributed by atoms with E-state index >= 15 is 0 Å². The average molecular weight is 607 g/mol. The maximum Gasteiger partial charge on any atom is 0.331 e.